The number of ether oxygens (including phenoxy) is 1. The predicted octanol–water partition coefficient (Wildman–Crippen LogP) is 3.83. The van der Waals surface area contributed by atoms with Crippen molar-refractivity contribution in [3.63, 3.8) is 0 Å². The molecule has 0 aliphatic rings. The minimum absolute atomic E-state index is 0. The number of hydrogen-bond acceptors (Lipinski definition) is 3. The fourth-order valence-corrected chi connectivity index (χ4v) is 2.31. The van der Waals surface area contributed by atoms with Gasteiger partial charge in [0.15, 0.2) is 0 Å². The number of nitrogen functional groups attached to an aromatic ring is 1. The highest BCUT2D eigenvalue weighted by Crippen LogP contribution is 2.24. The molecule has 5 heteroatoms. The molecule has 124 valence electrons. The highest BCUT2D eigenvalue weighted by molar-refractivity contribution is 5.94. The first-order valence-corrected chi connectivity index (χ1v) is 7.31. The van der Waals surface area contributed by atoms with Gasteiger partial charge >= 0.3 is 0 Å². The van der Waals surface area contributed by atoms with Crippen molar-refractivity contribution < 1.29 is 9.53 Å². The summed E-state index contributed by atoms with van der Waals surface area (Å²) < 4.78 is 5.17. The van der Waals surface area contributed by atoms with Crippen molar-refractivity contribution in [2.24, 2.45) is 5.92 Å². The van der Waals surface area contributed by atoms with E-state index in [0.29, 0.717) is 11.3 Å². The number of nitrogens with two attached hydrogens (primary N) is 1. The summed E-state index contributed by atoms with van der Waals surface area (Å²) in [5, 5.41) is 3.09. The number of nitrogens with one attached hydrogen (secondary N) is 1. The van der Waals surface area contributed by atoms with Gasteiger partial charge in [0.25, 0.3) is 5.91 Å². The highest BCUT2D eigenvalue weighted by Gasteiger charge is 2.19. The Balaban J connectivity index is 0.00000264. The molecule has 0 aliphatic heterocycles. The van der Waals surface area contributed by atoms with E-state index in [1.54, 1.807) is 31.4 Å². The van der Waals surface area contributed by atoms with Crippen LogP contribution in [0.4, 0.5) is 5.69 Å². The van der Waals surface area contributed by atoms with Crippen LogP contribution in [0.5, 0.6) is 5.75 Å². The molecule has 0 heterocycles. The Morgan fingerprint density at radius 1 is 1.04 bits per heavy atom. The zero-order chi connectivity index (χ0) is 16.1. The number of halogens is 1. The monoisotopic (exact) mass is 334 g/mol. The van der Waals surface area contributed by atoms with E-state index in [4.69, 9.17) is 10.5 Å². The topological polar surface area (TPSA) is 64.3 Å². The summed E-state index contributed by atoms with van der Waals surface area (Å²) in [5.41, 5.74) is 7.96. The van der Waals surface area contributed by atoms with Crippen LogP contribution in [0.3, 0.4) is 0 Å². The Morgan fingerprint density at radius 3 is 2.09 bits per heavy atom. The van der Waals surface area contributed by atoms with Crippen molar-refractivity contribution >= 4 is 24.0 Å². The largest absolute Gasteiger partial charge is 0.497 e. The van der Waals surface area contributed by atoms with Crippen LogP contribution in [0.15, 0.2) is 48.5 Å². The number of carbonyl (C=O) groups is 1. The van der Waals surface area contributed by atoms with Crippen LogP contribution in [0.1, 0.15) is 35.8 Å². The van der Waals surface area contributed by atoms with Crippen LogP contribution < -0.4 is 15.8 Å². The molecule has 1 amide bonds. The van der Waals surface area contributed by atoms with Gasteiger partial charge in [0.2, 0.25) is 0 Å². The molecule has 0 saturated heterocycles. The Bertz CT molecular complexity index is 624. The Morgan fingerprint density at radius 2 is 1.61 bits per heavy atom. The molecular weight excluding hydrogens is 312 g/mol. The smallest absolute Gasteiger partial charge is 0.251 e. The SMILES string of the molecule is COc1ccc(C(NC(=O)c2ccc(N)cc2)C(C)C)cc1.Cl. The van der Waals surface area contributed by atoms with Crippen LogP contribution in [-0.2, 0) is 0 Å². The van der Waals surface area contributed by atoms with Crippen molar-refractivity contribution in [2.45, 2.75) is 19.9 Å². The van der Waals surface area contributed by atoms with Gasteiger partial charge in [-0.1, -0.05) is 26.0 Å². The van der Waals surface area contributed by atoms with Gasteiger partial charge in [-0.3, -0.25) is 4.79 Å². The van der Waals surface area contributed by atoms with Crippen molar-refractivity contribution in [1.82, 2.24) is 5.32 Å². The first kappa shape index (κ1) is 18.8. The number of methoxy groups -OCH3 is 1. The molecule has 0 bridgehead atoms. The van der Waals surface area contributed by atoms with Gasteiger partial charge in [-0.05, 0) is 47.9 Å². The van der Waals surface area contributed by atoms with Gasteiger partial charge in [-0.25, -0.2) is 0 Å². The predicted molar refractivity (Wildman–Crippen MR) is 96.1 cm³/mol. The summed E-state index contributed by atoms with van der Waals surface area (Å²) in [4.78, 5) is 12.4. The van der Waals surface area contributed by atoms with E-state index in [2.05, 4.69) is 19.2 Å². The van der Waals surface area contributed by atoms with Gasteiger partial charge in [0.1, 0.15) is 5.75 Å². The molecule has 1 unspecified atom stereocenters. The summed E-state index contributed by atoms with van der Waals surface area (Å²) in [5.74, 6) is 0.969. The first-order chi connectivity index (χ1) is 10.5. The molecule has 0 aliphatic carbocycles. The summed E-state index contributed by atoms with van der Waals surface area (Å²) >= 11 is 0. The normalized spacial score (nSPS) is 11.5. The molecule has 0 spiro atoms. The van der Waals surface area contributed by atoms with Crippen LogP contribution in [0.25, 0.3) is 0 Å². The fourth-order valence-electron chi connectivity index (χ4n) is 2.31. The summed E-state index contributed by atoms with van der Waals surface area (Å²) in [6.07, 6.45) is 0. The van der Waals surface area contributed by atoms with Crippen LogP contribution in [0, 0.1) is 5.92 Å². The number of anilines is 1. The second-order valence-corrected chi connectivity index (χ2v) is 5.59. The lowest BCUT2D eigenvalue weighted by Crippen LogP contribution is -2.31. The second kappa shape index (κ2) is 8.44. The standard InChI is InChI=1S/C18H22N2O2.ClH/c1-12(2)17(13-6-10-16(22-3)11-7-13)20-18(21)14-4-8-15(19)9-5-14;/h4-12,17H,19H2,1-3H3,(H,20,21);1H. The third-order valence-electron chi connectivity index (χ3n) is 3.60. The fraction of sp³-hybridized carbons (Fsp3) is 0.278. The summed E-state index contributed by atoms with van der Waals surface area (Å²) in [7, 11) is 1.64. The van der Waals surface area contributed by atoms with Gasteiger partial charge in [-0.2, -0.15) is 0 Å². The summed E-state index contributed by atoms with van der Waals surface area (Å²) in [6, 6.07) is 14.6. The molecule has 2 aromatic rings. The van der Waals surface area contributed by atoms with Crippen LogP contribution >= 0.6 is 12.4 Å². The number of amides is 1. The van der Waals surface area contributed by atoms with Gasteiger partial charge in [0, 0.05) is 11.3 Å². The quantitative estimate of drug-likeness (QED) is 0.817. The van der Waals surface area contributed by atoms with E-state index in [-0.39, 0.29) is 30.3 Å². The van der Waals surface area contributed by atoms with E-state index in [9.17, 15) is 4.79 Å². The van der Waals surface area contributed by atoms with Crippen LogP contribution in [-0.4, -0.2) is 13.0 Å². The lowest BCUT2D eigenvalue weighted by molar-refractivity contribution is 0.0925. The molecule has 0 radical (unpaired) electrons. The maximum Gasteiger partial charge on any atom is 0.251 e. The van der Waals surface area contributed by atoms with E-state index in [0.717, 1.165) is 11.3 Å². The average molecular weight is 335 g/mol. The van der Waals surface area contributed by atoms with Crippen molar-refractivity contribution in [2.75, 3.05) is 12.8 Å². The minimum Gasteiger partial charge on any atom is -0.497 e. The molecule has 3 N–H and O–H groups in total. The molecule has 0 saturated carbocycles. The average Bonchev–Trinajstić information content (AvgIpc) is 2.53. The molecule has 1 atom stereocenters. The maximum absolute atomic E-state index is 12.4. The molecule has 0 aromatic heterocycles. The lowest BCUT2D eigenvalue weighted by atomic mass is 9.95. The number of carbonyl (C=O) groups excluding carboxylic acids is 1. The summed E-state index contributed by atoms with van der Waals surface area (Å²) in [6.45, 7) is 4.16. The Labute approximate surface area is 143 Å². The molecule has 2 rings (SSSR count). The third kappa shape index (κ3) is 4.89. The maximum atomic E-state index is 12.4. The van der Waals surface area contributed by atoms with Gasteiger partial charge in [-0.15, -0.1) is 12.4 Å². The van der Waals surface area contributed by atoms with E-state index < -0.39 is 0 Å². The number of benzene rings is 2. The molecule has 4 nitrogen and oxygen atoms in total. The van der Waals surface area contributed by atoms with E-state index in [1.165, 1.54) is 0 Å². The third-order valence-corrected chi connectivity index (χ3v) is 3.60. The molecular formula is C18H23ClN2O2. The zero-order valence-corrected chi connectivity index (χ0v) is 14.4. The second-order valence-electron chi connectivity index (χ2n) is 5.59. The lowest BCUT2D eigenvalue weighted by Gasteiger charge is -2.23. The minimum atomic E-state index is -0.102. The van der Waals surface area contributed by atoms with E-state index >= 15 is 0 Å². The van der Waals surface area contributed by atoms with E-state index in [1.807, 2.05) is 24.3 Å². The number of hydrogen-bond donors (Lipinski definition) is 2. The van der Waals surface area contributed by atoms with Gasteiger partial charge in [0.05, 0.1) is 13.2 Å². The van der Waals surface area contributed by atoms with Crippen LogP contribution in [0.2, 0.25) is 0 Å². The highest BCUT2D eigenvalue weighted by atomic mass is 35.5. The Hall–Kier alpha value is -2.20. The van der Waals surface area contributed by atoms with Gasteiger partial charge < -0.3 is 15.8 Å². The van der Waals surface area contributed by atoms with Crippen molar-refractivity contribution in [3.05, 3.63) is 59.7 Å². The molecule has 2 aromatic carbocycles. The molecule has 23 heavy (non-hydrogen) atoms. The zero-order valence-electron chi connectivity index (χ0n) is 13.6. The Kier molecular flexibility index (Phi) is 6.91. The number of rotatable bonds is 5. The first-order valence-electron chi connectivity index (χ1n) is 7.31. The molecule has 0 fully saturated rings. The van der Waals surface area contributed by atoms with Crippen molar-refractivity contribution in [3.8, 4) is 5.75 Å². The van der Waals surface area contributed by atoms with Crippen molar-refractivity contribution in [1.29, 1.82) is 0 Å².